The first kappa shape index (κ1) is 8.34. The minimum atomic E-state index is 0. The summed E-state index contributed by atoms with van der Waals surface area (Å²) >= 11 is 0. The fourth-order valence-corrected chi connectivity index (χ4v) is 0.368. The smallest absolute Gasteiger partial charge is 0.151 e. The molecule has 0 aliphatic heterocycles. The number of aldehydes is 1. The molecule has 1 rings (SSSR count). The Balaban J connectivity index is 0.000000640. The van der Waals surface area contributed by atoms with Crippen LogP contribution in [-0.2, 0) is 20.4 Å². The fourth-order valence-electron chi connectivity index (χ4n) is 0.368. The van der Waals surface area contributed by atoms with Crippen molar-refractivity contribution in [1.29, 1.82) is 0 Å². The maximum atomic E-state index is 9.93. The van der Waals surface area contributed by atoms with Crippen LogP contribution < -0.4 is 10.8 Å². The third-order valence-electron chi connectivity index (χ3n) is 0.785. The Kier molecular flexibility index (Phi) is 3.14. The van der Waals surface area contributed by atoms with Crippen LogP contribution in [0.25, 0.3) is 0 Å². The van der Waals surface area contributed by atoms with Crippen molar-refractivity contribution in [2.45, 2.75) is 0 Å². The number of hydrogen-bond donors (Lipinski definition) is 1. The molecule has 0 aromatic carbocycles. The van der Waals surface area contributed by atoms with Gasteiger partial charge in [-0.2, -0.15) is 0 Å². The summed E-state index contributed by atoms with van der Waals surface area (Å²) in [6, 6.07) is 0. The Hall–Kier alpha value is -0.658. The van der Waals surface area contributed by atoms with Crippen molar-refractivity contribution in [2.24, 2.45) is 0 Å². The maximum Gasteiger partial charge on any atom is 0.151 e. The minimum Gasteiger partial charge on any atom is -0.493 e. The van der Waals surface area contributed by atoms with Crippen LogP contribution in [0.4, 0.5) is 5.82 Å². The Bertz CT molecular complexity index is 197. The molecule has 0 amide bonds. The molecule has 1 aromatic rings. The van der Waals surface area contributed by atoms with Crippen molar-refractivity contribution in [3.63, 3.8) is 0 Å². The van der Waals surface area contributed by atoms with Crippen LogP contribution in [0.5, 0.6) is 0 Å². The van der Waals surface area contributed by atoms with Gasteiger partial charge in [-0.15, -0.1) is 0 Å². The third-order valence-corrected chi connectivity index (χ3v) is 0.785. The van der Waals surface area contributed by atoms with E-state index < -0.39 is 0 Å². The molecule has 0 spiro atoms. The topological polar surface area (TPSA) is 70.1 Å². The summed E-state index contributed by atoms with van der Waals surface area (Å²) in [6.45, 7) is 0. The van der Waals surface area contributed by atoms with Crippen LogP contribution in [-0.4, -0.2) is 11.4 Å². The number of rotatable bonds is 1. The van der Waals surface area contributed by atoms with Crippen LogP contribution >= 0.6 is 0 Å². The largest absolute Gasteiger partial charge is 0.493 e. The van der Waals surface area contributed by atoms with Gasteiger partial charge in [-0.05, 0) is 5.82 Å². The SMILES string of the molecule is Nc1[n-]ncc1C=O.[Re]. The monoisotopic (exact) mass is 297 g/mol. The molecule has 0 saturated heterocycles. The molecule has 5 heteroatoms. The molecule has 9 heavy (non-hydrogen) atoms. The van der Waals surface area contributed by atoms with E-state index in [4.69, 9.17) is 5.73 Å². The molecule has 1 aromatic heterocycles. The summed E-state index contributed by atoms with van der Waals surface area (Å²) in [5, 5.41) is 6.77. The summed E-state index contributed by atoms with van der Waals surface area (Å²) in [5.74, 6) is 0.194. The van der Waals surface area contributed by atoms with E-state index in [9.17, 15) is 4.79 Å². The van der Waals surface area contributed by atoms with E-state index in [1.807, 2.05) is 0 Å². The van der Waals surface area contributed by atoms with Gasteiger partial charge in [0.05, 0.1) is 0 Å². The van der Waals surface area contributed by atoms with E-state index in [0.29, 0.717) is 11.8 Å². The van der Waals surface area contributed by atoms with Gasteiger partial charge in [-0.3, -0.25) is 9.89 Å². The van der Waals surface area contributed by atoms with Crippen LogP contribution in [0.2, 0.25) is 0 Å². The zero-order valence-electron chi connectivity index (χ0n) is 4.41. The minimum absolute atomic E-state index is 0. The molecular weight excluding hydrogens is 292 g/mol. The summed E-state index contributed by atoms with van der Waals surface area (Å²) in [6.07, 6.45) is 1.94. The van der Waals surface area contributed by atoms with Crippen molar-refractivity contribution in [3.8, 4) is 0 Å². The average molecular weight is 296 g/mol. The first-order valence-corrected chi connectivity index (χ1v) is 2.03. The van der Waals surface area contributed by atoms with Gasteiger partial charge in [0.25, 0.3) is 0 Å². The van der Waals surface area contributed by atoms with E-state index in [1.165, 1.54) is 6.20 Å². The van der Waals surface area contributed by atoms with Crippen molar-refractivity contribution >= 4 is 12.1 Å². The van der Waals surface area contributed by atoms with Crippen LogP contribution in [0, 0.1) is 0 Å². The van der Waals surface area contributed by atoms with Crippen LogP contribution in [0.15, 0.2) is 6.20 Å². The average Bonchev–Trinajstić information content (AvgIpc) is 2.14. The second-order valence-corrected chi connectivity index (χ2v) is 1.30. The first-order chi connectivity index (χ1) is 3.84. The summed E-state index contributed by atoms with van der Waals surface area (Å²) in [5.41, 5.74) is 5.50. The second kappa shape index (κ2) is 3.38. The molecule has 0 saturated carbocycles. The van der Waals surface area contributed by atoms with Gasteiger partial charge >= 0.3 is 0 Å². The molecule has 2 N–H and O–H groups in total. The molecule has 0 atom stereocenters. The molecule has 0 fully saturated rings. The normalized spacial score (nSPS) is 8.00. The van der Waals surface area contributed by atoms with E-state index in [2.05, 4.69) is 10.2 Å². The standard InChI is InChI=1S/C4H5N3O.Re/c5-4-3(2-8)1-6-7-4;/h1-2H,(H3,5,6,7,8);/p-1. The predicted molar refractivity (Wildman–Crippen MR) is 27.4 cm³/mol. The molecule has 4 nitrogen and oxygen atoms in total. The number of carbonyl (C=O) groups is 1. The number of aromatic nitrogens is 2. The quantitative estimate of drug-likeness (QED) is 0.705. The number of carbonyl (C=O) groups excluding carboxylic acids is 1. The van der Waals surface area contributed by atoms with Gasteiger partial charge < -0.3 is 10.8 Å². The van der Waals surface area contributed by atoms with Crippen molar-refractivity contribution in [1.82, 2.24) is 10.2 Å². The van der Waals surface area contributed by atoms with Gasteiger partial charge in [0, 0.05) is 32.2 Å². The van der Waals surface area contributed by atoms with Crippen LogP contribution in [0.1, 0.15) is 10.4 Å². The summed E-state index contributed by atoms with van der Waals surface area (Å²) in [7, 11) is 0. The second-order valence-electron chi connectivity index (χ2n) is 1.30. The van der Waals surface area contributed by atoms with Gasteiger partial charge in [0.15, 0.2) is 6.29 Å². The summed E-state index contributed by atoms with van der Waals surface area (Å²) in [4.78, 5) is 9.93. The van der Waals surface area contributed by atoms with E-state index >= 15 is 0 Å². The number of nitrogen functional groups attached to an aromatic ring is 1. The maximum absolute atomic E-state index is 9.93. The first-order valence-electron chi connectivity index (χ1n) is 2.03. The molecule has 0 aliphatic carbocycles. The van der Waals surface area contributed by atoms with E-state index in [1.54, 1.807) is 0 Å². The van der Waals surface area contributed by atoms with Gasteiger partial charge in [-0.25, -0.2) is 0 Å². The number of nitrogens with zero attached hydrogens (tertiary/aromatic N) is 2. The van der Waals surface area contributed by atoms with E-state index in [-0.39, 0.29) is 26.2 Å². The van der Waals surface area contributed by atoms with Gasteiger partial charge in [-0.1, -0.05) is 0 Å². The van der Waals surface area contributed by atoms with Crippen molar-refractivity contribution in [3.05, 3.63) is 11.8 Å². The van der Waals surface area contributed by atoms with Gasteiger partial charge in [0.2, 0.25) is 0 Å². The third kappa shape index (κ3) is 1.63. The number of nitrogens with two attached hydrogens (primary N) is 1. The molecule has 0 unspecified atom stereocenters. The van der Waals surface area contributed by atoms with Crippen molar-refractivity contribution in [2.75, 3.05) is 5.73 Å². The summed E-state index contributed by atoms with van der Waals surface area (Å²) < 4.78 is 0. The predicted octanol–water partition coefficient (Wildman–Crippen LogP) is -0.569. The molecule has 1 radical (unpaired) electrons. The van der Waals surface area contributed by atoms with Gasteiger partial charge in [0.1, 0.15) is 0 Å². The number of anilines is 1. The van der Waals surface area contributed by atoms with E-state index in [0.717, 1.165) is 0 Å². The zero-order valence-corrected chi connectivity index (χ0v) is 7.13. The molecular formula is C4H4N3ORe-. The molecule has 0 aliphatic rings. The molecule has 49 valence electrons. The van der Waals surface area contributed by atoms with Crippen molar-refractivity contribution < 1.29 is 25.2 Å². The Morgan fingerprint density at radius 3 is 2.67 bits per heavy atom. The Labute approximate surface area is 65.5 Å². The molecule has 0 bridgehead atoms. The van der Waals surface area contributed by atoms with Crippen LogP contribution in [0.3, 0.4) is 0 Å². The Morgan fingerprint density at radius 1 is 1.78 bits per heavy atom. The fraction of sp³-hybridized carbons (Fsp3) is 0. The molecule has 1 heterocycles. The number of hydrogen-bond acceptors (Lipinski definition) is 3. The Morgan fingerprint density at radius 2 is 2.44 bits per heavy atom. The zero-order chi connectivity index (χ0) is 5.98.